The molecule has 1 aromatic heterocycles. The molecule has 1 unspecified atom stereocenters. The molecular weight excluding hydrogens is 538 g/mol. The maximum absolute atomic E-state index is 13.2. The smallest absolute Gasteiger partial charge is 0.335 e. The summed E-state index contributed by atoms with van der Waals surface area (Å²) in [6.45, 7) is 0. The van der Waals surface area contributed by atoms with E-state index in [-0.39, 0.29) is 17.5 Å². The van der Waals surface area contributed by atoms with E-state index in [1.807, 2.05) is 0 Å². The number of carboxylic acid groups (broad SMARTS) is 1. The number of benzene rings is 3. The molecule has 0 aliphatic heterocycles. The third-order valence-corrected chi connectivity index (χ3v) is 5.92. The Balaban J connectivity index is 1.56. The molecule has 12 nitrogen and oxygen atoms in total. The van der Waals surface area contributed by atoms with Crippen LogP contribution < -0.4 is 16.4 Å². The van der Waals surface area contributed by atoms with Crippen molar-refractivity contribution in [1.29, 1.82) is 0 Å². The number of tetrazole rings is 1. The summed E-state index contributed by atoms with van der Waals surface area (Å²) in [6, 6.07) is 15.9. The Morgan fingerprint density at radius 1 is 1.02 bits per heavy atom. The highest BCUT2D eigenvalue weighted by Crippen LogP contribution is 2.20. The summed E-state index contributed by atoms with van der Waals surface area (Å²) in [7, 11) is 0. The van der Waals surface area contributed by atoms with Crippen LogP contribution in [0.3, 0.4) is 0 Å². The van der Waals surface area contributed by atoms with Crippen molar-refractivity contribution in [2.24, 2.45) is 5.73 Å². The molecule has 202 valence electrons. The second-order valence-corrected chi connectivity index (χ2v) is 8.93. The maximum Gasteiger partial charge on any atom is 0.335 e. The van der Waals surface area contributed by atoms with Crippen LogP contribution in [0.25, 0.3) is 11.8 Å². The Labute approximate surface area is 232 Å². The van der Waals surface area contributed by atoms with E-state index < -0.39 is 29.7 Å². The molecule has 0 spiro atoms. The summed E-state index contributed by atoms with van der Waals surface area (Å²) < 4.78 is 1.41. The van der Waals surface area contributed by atoms with E-state index in [1.165, 1.54) is 53.5 Å². The predicted octanol–water partition coefficient (Wildman–Crippen LogP) is 2.49. The number of rotatable bonds is 10. The molecule has 0 aliphatic rings. The zero-order valence-electron chi connectivity index (χ0n) is 20.7. The van der Waals surface area contributed by atoms with Gasteiger partial charge in [-0.15, -0.1) is 5.10 Å². The fraction of sp³-hybridized carbons (Fsp3) is 0.0741. The van der Waals surface area contributed by atoms with E-state index >= 15 is 0 Å². The number of aromatic carboxylic acids is 1. The highest BCUT2D eigenvalue weighted by atomic mass is 35.5. The molecule has 40 heavy (non-hydrogen) atoms. The lowest BCUT2D eigenvalue weighted by molar-refractivity contribution is -0.123. The lowest BCUT2D eigenvalue weighted by atomic mass is 10.0. The van der Waals surface area contributed by atoms with Crippen molar-refractivity contribution >= 4 is 47.1 Å². The van der Waals surface area contributed by atoms with E-state index in [0.29, 0.717) is 27.5 Å². The number of hydrogen-bond donors (Lipinski definition) is 4. The van der Waals surface area contributed by atoms with E-state index in [4.69, 9.17) is 22.4 Å². The van der Waals surface area contributed by atoms with Gasteiger partial charge in [-0.3, -0.25) is 14.4 Å². The van der Waals surface area contributed by atoms with Crippen molar-refractivity contribution in [3.8, 4) is 5.69 Å². The number of amides is 3. The summed E-state index contributed by atoms with van der Waals surface area (Å²) in [5.41, 5.74) is 7.72. The number of carbonyl (C=O) groups excluding carboxylic acids is 3. The highest BCUT2D eigenvalue weighted by molar-refractivity contribution is 6.30. The third kappa shape index (κ3) is 7.14. The number of anilines is 1. The molecule has 1 heterocycles. The molecule has 1 atom stereocenters. The summed E-state index contributed by atoms with van der Waals surface area (Å²) in [4.78, 5) is 48.9. The monoisotopic (exact) mass is 559 g/mol. The van der Waals surface area contributed by atoms with Crippen molar-refractivity contribution in [2.45, 2.75) is 12.5 Å². The standard InChI is InChI=1S/C27H22ClN7O5/c28-20-7-10-23(35-15-30-33-34-35)18(14-20)6-11-24(36)32-22(13-16-2-1-3-19(12-16)25(29)37)26(38)31-21-8-4-17(5-9-21)27(39)40/h1-12,14-15,22H,13H2,(H2,29,37)(H,31,38)(H,32,36)(H,39,40)/b11-6+. The second-order valence-electron chi connectivity index (χ2n) is 8.49. The van der Waals surface area contributed by atoms with Crippen molar-refractivity contribution in [3.63, 3.8) is 0 Å². The molecular formula is C27H22ClN7O5. The average Bonchev–Trinajstić information content (AvgIpc) is 3.47. The van der Waals surface area contributed by atoms with Gasteiger partial charge in [0, 0.05) is 34.3 Å². The first-order chi connectivity index (χ1) is 19.2. The van der Waals surface area contributed by atoms with Crippen LogP contribution >= 0.6 is 11.6 Å². The van der Waals surface area contributed by atoms with Crippen LogP contribution in [0.2, 0.25) is 5.02 Å². The first-order valence-corrected chi connectivity index (χ1v) is 12.1. The van der Waals surface area contributed by atoms with Crippen LogP contribution in [0.4, 0.5) is 5.69 Å². The fourth-order valence-corrected chi connectivity index (χ4v) is 3.93. The molecule has 4 aromatic rings. The first-order valence-electron chi connectivity index (χ1n) is 11.7. The zero-order chi connectivity index (χ0) is 28.6. The van der Waals surface area contributed by atoms with Gasteiger partial charge in [-0.2, -0.15) is 4.68 Å². The van der Waals surface area contributed by atoms with E-state index in [0.717, 1.165) is 0 Å². The lowest BCUT2D eigenvalue weighted by Crippen LogP contribution is -2.44. The molecule has 0 fully saturated rings. The number of nitrogens with one attached hydrogen (secondary N) is 2. The van der Waals surface area contributed by atoms with Crippen LogP contribution in [-0.2, 0) is 16.0 Å². The van der Waals surface area contributed by atoms with Crippen LogP contribution in [0.1, 0.15) is 31.8 Å². The third-order valence-electron chi connectivity index (χ3n) is 5.68. The summed E-state index contributed by atoms with van der Waals surface area (Å²) in [6.07, 6.45) is 4.17. The predicted molar refractivity (Wildman–Crippen MR) is 146 cm³/mol. The molecule has 0 saturated carbocycles. The van der Waals surface area contributed by atoms with Gasteiger partial charge in [0.2, 0.25) is 17.7 Å². The molecule has 0 bridgehead atoms. The van der Waals surface area contributed by atoms with E-state index in [1.54, 1.807) is 36.4 Å². The van der Waals surface area contributed by atoms with Crippen molar-refractivity contribution < 1.29 is 24.3 Å². The fourth-order valence-electron chi connectivity index (χ4n) is 3.75. The normalized spacial score (nSPS) is 11.6. The Hall–Kier alpha value is -5.36. The van der Waals surface area contributed by atoms with Crippen LogP contribution in [0, 0.1) is 0 Å². The summed E-state index contributed by atoms with van der Waals surface area (Å²) >= 11 is 6.14. The van der Waals surface area contributed by atoms with Gasteiger partial charge < -0.3 is 21.5 Å². The SMILES string of the molecule is NC(=O)c1cccc(CC(NC(=O)/C=C/c2cc(Cl)ccc2-n2cnnn2)C(=O)Nc2ccc(C(=O)O)cc2)c1. The molecule has 0 radical (unpaired) electrons. The van der Waals surface area contributed by atoms with Crippen LogP contribution in [0.15, 0.2) is 79.1 Å². The number of carbonyl (C=O) groups is 4. The van der Waals surface area contributed by atoms with Crippen LogP contribution in [0.5, 0.6) is 0 Å². The average molecular weight is 560 g/mol. The Morgan fingerprint density at radius 2 is 1.80 bits per heavy atom. The highest BCUT2D eigenvalue weighted by Gasteiger charge is 2.21. The quantitative estimate of drug-likeness (QED) is 0.214. The number of halogens is 1. The van der Waals surface area contributed by atoms with E-state index in [2.05, 4.69) is 26.2 Å². The number of aromatic nitrogens is 4. The first kappa shape index (κ1) is 27.7. The lowest BCUT2D eigenvalue weighted by Gasteiger charge is -2.18. The molecule has 3 amide bonds. The molecule has 0 aliphatic carbocycles. The molecule has 4 rings (SSSR count). The Morgan fingerprint density at radius 3 is 2.48 bits per heavy atom. The minimum absolute atomic E-state index is 0.0345. The van der Waals surface area contributed by atoms with Gasteiger partial charge in [0.05, 0.1) is 11.3 Å². The van der Waals surface area contributed by atoms with Crippen molar-refractivity contribution in [2.75, 3.05) is 5.32 Å². The van der Waals surface area contributed by atoms with Gasteiger partial charge in [-0.1, -0.05) is 23.7 Å². The van der Waals surface area contributed by atoms with Gasteiger partial charge in [0.25, 0.3) is 0 Å². The second kappa shape index (κ2) is 12.5. The van der Waals surface area contributed by atoms with Gasteiger partial charge in [0.15, 0.2) is 0 Å². The summed E-state index contributed by atoms with van der Waals surface area (Å²) in [5, 5.41) is 26.0. The van der Waals surface area contributed by atoms with Crippen molar-refractivity contribution in [1.82, 2.24) is 25.5 Å². The van der Waals surface area contributed by atoms with Gasteiger partial charge in [0.1, 0.15) is 12.4 Å². The number of carboxylic acids is 1. The number of nitrogens with two attached hydrogens (primary N) is 1. The largest absolute Gasteiger partial charge is 0.478 e. The number of nitrogens with zero attached hydrogens (tertiary/aromatic N) is 4. The van der Waals surface area contributed by atoms with Crippen molar-refractivity contribution in [3.05, 3.63) is 106 Å². The Kier molecular flexibility index (Phi) is 8.62. The minimum atomic E-state index is -1.10. The van der Waals surface area contributed by atoms with Gasteiger partial charge in [-0.25, -0.2) is 4.79 Å². The molecule has 3 aromatic carbocycles. The molecule has 13 heteroatoms. The zero-order valence-corrected chi connectivity index (χ0v) is 21.4. The number of hydrogen-bond acceptors (Lipinski definition) is 7. The number of primary amides is 1. The van der Waals surface area contributed by atoms with Gasteiger partial charge in [-0.05, 0) is 76.7 Å². The van der Waals surface area contributed by atoms with E-state index in [9.17, 15) is 19.2 Å². The Bertz CT molecular complexity index is 1590. The minimum Gasteiger partial charge on any atom is -0.478 e. The summed E-state index contributed by atoms with van der Waals surface area (Å²) in [5.74, 6) is -2.89. The van der Waals surface area contributed by atoms with Gasteiger partial charge >= 0.3 is 5.97 Å². The molecule has 5 N–H and O–H groups in total. The molecule has 0 saturated heterocycles. The maximum atomic E-state index is 13.2. The van der Waals surface area contributed by atoms with Crippen LogP contribution in [-0.4, -0.2) is 55.0 Å². The topological polar surface area (TPSA) is 182 Å².